The van der Waals surface area contributed by atoms with E-state index in [-0.39, 0.29) is 15.5 Å². The number of ether oxygens (including phenoxy) is 1. The van der Waals surface area contributed by atoms with Gasteiger partial charge in [0.1, 0.15) is 12.3 Å². The van der Waals surface area contributed by atoms with Crippen molar-refractivity contribution in [2.24, 2.45) is 0 Å². The minimum absolute atomic E-state index is 0.0262. The molecule has 3 aromatic carbocycles. The number of rotatable bonds is 10. The molecule has 0 radical (unpaired) electrons. The summed E-state index contributed by atoms with van der Waals surface area (Å²) in [4.78, 5) is 13.2. The van der Waals surface area contributed by atoms with E-state index < -0.39 is 32.5 Å². The Labute approximate surface area is 240 Å². The van der Waals surface area contributed by atoms with Crippen molar-refractivity contribution in [3.05, 3.63) is 77.8 Å². The van der Waals surface area contributed by atoms with Crippen molar-refractivity contribution in [3.63, 3.8) is 0 Å². The van der Waals surface area contributed by atoms with Crippen LogP contribution in [0.1, 0.15) is 32.6 Å². The van der Waals surface area contributed by atoms with E-state index in [9.17, 15) is 21.6 Å². The van der Waals surface area contributed by atoms with E-state index >= 15 is 0 Å². The van der Waals surface area contributed by atoms with Gasteiger partial charge < -0.3 is 10.1 Å². The summed E-state index contributed by atoms with van der Waals surface area (Å²) in [5.41, 5.74) is 0.614. The Bertz CT molecular complexity index is 1500. The second-order valence-electron chi connectivity index (χ2n) is 9.28. The van der Waals surface area contributed by atoms with E-state index in [1.54, 1.807) is 24.3 Å². The van der Waals surface area contributed by atoms with Gasteiger partial charge in [0, 0.05) is 23.8 Å². The monoisotopic (exact) mass is 605 g/mol. The Morgan fingerprint density at radius 2 is 1.43 bits per heavy atom. The van der Waals surface area contributed by atoms with Crippen molar-refractivity contribution in [2.75, 3.05) is 35.9 Å². The minimum atomic E-state index is -4.14. The first-order valence-electron chi connectivity index (χ1n) is 13.0. The van der Waals surface area contributed by atoms with Gasteiger partial charge in [0.15, 0.2) is 0 Å². The molecule has 0 aromatic heterocycles. The van der Waals surface area contributed by atoms with Crippen LogP contribution in [0.5, 0.6) is 5.75 Å². The number of hydrogen-bond donors (Lipinski definition) is 1. The average molecular weight is 606 g/mol. The maximum absolute atomic E-state index is 13.6. The second kappa shape index (κ2) is 13.0. The van der Waals surface area contributed by atoms with Crippen LogP contribution in [0, 0.1) is 0 Å². The summed E-state index contributed by atoms with van der Waals surface area (Å²) < 4.78 is 61.2. The van der Waals surface area contributed by atoms with E-state index in [1.807, 2.05) is 6.92 Å². The topological polar surface area (TPSA) is 113 Å². The number of nitrogens with one attached hydrogen (secondary N) is 1. The van der Waals surface area contributed by atoms with Crippen LogP contribution in [0.2, 0.25) is 5.02 Å². The SMILES string of the molecule is CCOc1ccc(N(CC(=O)Nc2ccc(S(=O)(=O)N3CCCCCC3)cc2)S(=O)(=O)c2ccc(Cl)cc2)cc1. The van der Waals surface area contributed by atoms with E-state index in [0.717, 1.165) is 30.0 Å². The zero-order valence-corrected chi connectivity index (χ0v) is 24.5. The van der Waals surface area contributed by atoms with Crippen molar-refractivity contribution >= 4 is 48.9 Å². The smallest absolute Gasteiger partial charge is 0.264 e. The lowest BCUT2D eigenvalue weighted by molar-refractivity contribution is -0.114. The van der Waals surface area contributed by atoms with E-state index in [4.69, 9.17) is 16.3 Å². The maximum atomic E-state index is 13.6. The summed E-state index contributed by atoms with van der Waals surface area (Å²) in [5.74, 6) is -0.0377. The number of amides is 1. The van der Waals surface area contributed by atoms with Crippen LogP contribution in [-0.2, 0) is 24.8 Å². The first-order valence-corrected chi connectivity index (χ1v) is 16.3. The predicted octanol–water partition coefficient (Wildman–Crippen LogP) is 5.14. The summed E-state index contributed by atoms with van der Waals surface area (Å²) >= 11 is 5.94. The number of benzene rings is 3. The molecule has 12 heteroatoms. The summed E-state index contributed by atoms with van der Waals surface area (Å²) in [7, 11) is -7.77. The largest absolute Gasteiger partial charge is 0.494 e. The molecule has 0 bridgehead atoms. The highest BCUT2D eigenvalue weighted by atomic mass is 35.5. The maximum Gasteiger partial charge on any atom is 0.264 e. The van der Waals surface area contributed by atoms with Gasteiger partial charge in [0.05, 0.1) is 22.1 Å². The molecule has 214 valence electrons. The highest BCUT2D eigenvalue weighted by Gasteiger charge is 2.28. The van der Waals surface area contributed by atoms with Crippen LogP contribution in [0.15, 0.2) is 82.6 Å². The molecule has 0 unspecified atom stereocenters. The minimum Gasteiger partial charge on any atom is -0.494 e. The Morgan fingerprint density at radius 3 is 2.00 bits per heavy atom. The van der Waals surface area contributed by atoms with Crippen LogP contribution in [0.25, 0.3) is 0 Å². The fraction of sp³-hybridized carbons (Fsp3) is 0.321. The van der Waals surface area contributed by atoms with Gasteiger partial charge in [-0.05, 0) is 92.6 Å². The first kappa shape index (κ1) is 29.9. The van der Waals surface area contributed by atoms with Crippen molar-refractivity contribution in [1.29, 1.82) is 0 Å². The number of carbonyl (C=O) groups is 1. The van der Waals surface area contributed by atoms with E-state index in [2.05, 4.69) is 5.32 Å². The fourth-order valence-corrected chi connectivity index (χ4v) is 7.46. The highest BCUT2D eigenvalue weighted by molar-refractivity contribution is 7.92. The Hall–Kier alpha value is -3.12. The first-order chi connectivity index (χ1) is 19.1. The second-order valence-corrected chi connectivity index (χ2v) is 13.5. The number of hydrogen-bond acceptors (Lipinski definition) is 6. The standard InChI is InChI=1S/C28H32ClN3O6S2/c1-2-38-25-13-11-24(12-14-25)32(40(36,37)27-15-7-22(29)8-16-27)21-28(33)30-23-9-17-26(18-10-23)39(34,35)31-19-5-3-4-6-20-31/h7-18H,2-6,19-21H2,1H3,(H,30,33). The number of carbonyl (C=O) groups excluding carboxylic acids is 1. The van der Waals surface area contributed by atoms with Gasteiger partial charge in [-0.3, -0.25) is 9.10 Å². The Kier molecular flexibility index (Phi) is 9.72. The fourth-order valence-electron chi connectivity index (χ4n) is 4.40. The lowest BCUT2D eigenvalue weighted by Crippen LogP contribution is -2.38. The molecule has 0 spiro atoms. The third-order valence-corrected chi connectivity index (χ3v) is 10.4. The van der Waals surface area contributed by atoms with Crippen molar-refractivity contribution in [3.8, 4) is 5.75 Å². The van der Waals surface area contributed by atoms with Crippen LogP contribution in [0.4, 0.5) is 11.4 Å². The van der Waals surface area contributed by atoms with Gasteiger partial charge in [-0.25, -0.2) is 16.8 Å². The van der Waals surface area contributed by atoms with Crippen LogP contribution in [-0.4, -0.2) is 53.3 Å². The molecule has 3 aromatic rings. The molecule has 9 nitrogen and oxygen atoms in total. The molecule has 1 aliphatic rings. The van der Waals surface area contributed by atoms with Crippen molar-refractivity contribution < 1.29 is 26.4 Å². The lowest BCUT2D eigenvalue weighted by atomic mass is 10.2. The summed E-state index contributed by atoms with van der Waals surface area (Å²) in [6, 6.07) is 18.0. The van der Waals surface area contributed by atoms with Crippen molar-refractivity contribution in [1.82, 2.24) is 4.31 Å². The van der Waals surface area contributed by atoms with Gasteiger partial charge >= 0.3 is 0 Å². The number of nitrogens with zero attached hydrogens (tertiary/aromatic N) is 2. The Balaban J connectivity index is 1.54. The number of sulfonamides is 2. The summed E-state index contributed by atoms with van der Waals surface area (Å²) in [5, 5.41) is 3.06. The molecule has 40 heavy (non-hydrogen) atoms. The van der Waals surface area contributed by atoms with Crippen LogP contribution in [0.3, 0.4) is 0 Å². The zero-order chi connectivity index (χ0) is 28.8. The number of anilines is 2. The molecule has 1 amide bonds. The normalized spacial score (nSPS) is 14.8. The number of halogens is 1. The third kappa shape index (κ3) is 7.14. The molecule has 4 rings (SSSR count). The molecule has 0 atom stereocenters. The van der Waals surface area contributed by atoms with Gasteiger partial charge in [-0.15, -0.1) is 0 Å². The highest BCUT2D eigenvalue weighted by Crippen LogP contribution is 2.27. The Morgan fingerprint density at radius 1 is 0.850 bits per heavy atom. The van der Waals surface area contributed by atoms with E-state index in [0.29, 0.717) is 36.2 Å². The lowest BCUT2D eigenvalue weighted by Gasteiger charge is -2.24. The third-order valence-electron chi connectivity index (χ3n) is 6.47. The zero-order valence-electron chi connectivity index (χ0n) is 22.1. The predicted molar refractivity (Wildman–Crippen MR) is 156 cm³/mol. The molecule has 1 saturated heterocycles. The van der Waals surface area contributed by atoms with Gasteiger partial charge in [0.2, 0.25) is 15.9 Å². The van der Waals surface area contributed by atoms with Crippen LogP contribution < -0.4 is 14.4 Å². The molecule has 1 heterocycles. The van der Waals surface area contributed by atoms with E-state index in [1.165, 1.54) is 52.8 Å². The van der Waals surface area contributed by atoms with Gasteiger partial charge in [-0.1, -0.05) is 24.4 Å². The molecular formula is C28H32ClN3O6S2. The summed E-state index contributed by atoms with van der Waals surface area (Å²) in [6.45, 7) is 2.75. The summed E-state index contributed by atoms with van der Waals surface area (Å²) in [6.07, 6.45) is 3.69. The average Bonchev–Trinajstić information content (AvgIpc) is 3.24. The molecule has 0 saturated carbocycles. The van der Waals surface area contributed by atoms with Crippen LogP contribution >= 0.6 is 11.6 Å². The molecule has 0 aliphatic carbocycles. The van der Waals surface area contributed by atoms with Gasteiger partial charge in [0.25, 0.3) is 10.0 Å². The molecular weight excluding hydrogens is 574 g/mol. The molecule has 1 aliphatic heterocycles. The van der Waals surface area contributed by atoms with Gasteiger partial charge in [-0.2, -0.15) is 4.31 Å². The molecule has 1 fully saturated rings. The molecule has 1 N–H and O–H groups in total. The quantitative estimate of drug-likeness (QED) is 0.342. The van der Waals surface area contributed by atoms with Crippen molar-refractivity contribution in [2.45, 2.75) is 42.4 Å².